The van der Waals surface area contributed by atoms with Gasteiger partial charge in [0.1, 0.15) is 5.75 Å². The summed E-state index contributed by atoms with van der Waals surface area (Å²) in [5, 5.41) is 11.9. The molecule has 2 amide bonds. The summed E-state index contributed by atoms with van der Waals surface area (Å²) in [7, 11) is 1.46. The molecule has 1 saturated heterocycles. The molecule has 0 radical (unpaired) electrons. The van der Waals surface area contributed by atoms with Gasteiger partial charge in [0.2, 0.25) is 0 Å². The Balaban J connectivity index is 2.16. The second-order valence-corrected chi connectivity index (χ2v) is 5.51. The molecule has 0 saturated carbocycles. The van der Waals surface area contributed by atoms with Crippen molar-refractivity contribution in [1.82, 2.24) is 4.90 Å². The molecule has 1 heterocycles. The first kappa shape index (κ1) is 15.2. The summed E-state index contributed by atoms with van der Waals surface area (Å²) in [6.45, 7) is 5.58. The maximum absolute atomic E-state index is 12.2. The molecule has 0 aromatic heterocycles. The van der Waals surface area contributed by atoms with Crippen molar-refractivity contribution in [2.75, 3.05) is 25.5 Å². The number of ether oxygens (including phenoxy) is 1. The van der Waals surface area contributed by atoms with E-state index < -0.39 is 5.97 Å². The number of nitrogens with zero attached hydrogens (tertiary/aromatic N) is 1. The number of nitrogens with one attached hydrogen (secondary N) is 1. The minimum Gasteiger partial charge on any atom is -0.497 e. The molecule has 2 atom stereocenters. The zero-order valence-corrected chi connectivity index (χ0v) is 12.4. The summed E-state index contributed by atoms with van der Waals surface area (Å²) in [5.41, 5.74) is 0.295. The number of amides is 2. The fourth-order valence-electron chi connectivity index (χ4n) is 2.43. The minimum atomic E-state index is -1.10. The lowest BCUT2D eigenvalue weighted by Crippen LogP contribution is -2.33. The normalized spacial score (nSPS) is 21.2. The molecule has 1 fully saturated rings. The Labute approximate surface area is 123 Å². The standard InChI is InChI=1S/C15H20N2O4/c1-9-7-17(8-10(9)2)15(20)16-13-5-4-11(21-3)6-12(13)14(18)19/h4-6,9-10H,7-8H2,1-3H3,(H,16,20)(H,18,19). The van der Waals surface area contributed by atoms with Crippen LogP contribution >= 0.6 is 0 Å². The van der Waals surface area contributed by atoms with Crippen LogP contribution in [0.15, 0.2) is 18.2 Å². The van der Waals surface area contributed by atoms with E-state index in [0.29, 0.717) is 30.7 Å². The Bertz CT molecular complexity index is 549. The third-order valence-corrected chi connectivity index (χ3v) is 3.97. The number of methoxy groups -OCH3 is 1. The van der Waals surface area contributed by atoms with Crippen LogP contribution in [-0.2, 0) is 0 Å². The molecule has 6 nitrogen and oxygen atoms in total. The number of anilines is 1. The maximum Gasteiger partial charge on any atom is 0.337 e. The van der Waals surface area contributed by atoms with Crippen molar-refractivity contribution in [2.45, 2.75) is 13.8 Å². The van der Waals surface area contributed by atoms with Gasteiger partial charge in [0.15, 0.2) is 0 Å². The number of carbonyl (C=O) groups excluding carboxylic acids is 1. The van der Waals surface area contributed by atoms with Crippen LogP contribution in [-0.4, -0.2) is 42.2 Å². The van der Waals surface area contributed by atoms with Gasteiger partial charge in [-0.3, -0.25) is 0 Å². The lowest BCUT2D eigenvalue weighted by molar-refractivity contribution is 0.0697. The topological polar surface area (TPSA) is 78.9 Å². The molecule has 1 aliphatic heterocycles. The number of carbonyl (C=O) groups is 2. The molecular weight excluding hydrogens is 272 g/mol. The number of urea groups is 1. The molecule has 0 aliphatic carbocycles. The predicted molar refractivity (Wildman–Crippen MR) is 78.9 cm³/mol. The maximum atomic E-state index is 12.2. The first-order valence-corrected chi connectivity index (χ1v) is 6.89. The van der Waals surface area contributed by atoms with Crippen LogP contribution in [0, 0.1) is 11.8 Å². The summed E-state index contributed by atoms with van der Waals surface area (Å²) >= 11 is 0. The van der Waals surface area contributed by atoms with Crippen LogP contribution in [0.25, 0.3) is 0 Å². The second-order valence-electron chi connectivity index (χ2n) is 5.51. The summed E-state index contributed by atoms with van der Waals surface area (Å²) in [5.74, 6) is 0.234. The number of hydrogen-bond donors (Lipinski definition) is 2. The third-order valence-electron chi connectivity index (χ3n) is 3.97. The average molecular weight is 292 g/mol. The van der Waals surface area contributed by atoms with Gasteiger partial charge in [-0.2, -0.15) is 0 Å². The predicted octanol–water partition coefficient (Wildman–Crippen LogP) is 2.51. The largest absolute Gasteiger partial charge is 0.497 e. The van der Waals surface area contributed by atoms with Gasteiger partial charge in [-0.05, 0) is 30.0 Å². The van der Waals surface area contributed by atoms with Gasteiger partial charge >= 0.3 is 12.0 Å². The quantitative estimate of drug-likeness (QED) is 0.897. The fraction of sp³-hybridized carbons (Fsp3) is 0.467. The Morgan fingerprint density at radius 3 is 2.43 bits per heavy atom. The van der Waals surface area contributed by atoms with E-state index in [4.69, 9.17) is 4.74 Å². The van der Waals surface area contributed by atoms with E-state index in [-0.39, 0.29) is 17.3 Å². The molecule has 2 rings (SSSR count). The number of aromatic carboxylic acids is 1. The number of rotatable bonds is 3. The van der Waals surface area contributed by atoms with Crippen molar-refractivity contribution in [2.24, 2.45) is 11.8 Å². The number of benzene rings is 1. The highest BCUT2D eigenvalue weighted by molar-refractivity contribution is 6.00. The molecule has 2 N–H and O–H groups in total. The SMILES string of the molecule is COc1ccc(NC(=O)N2CC(C)C(C)C2)c(C(=O)O)c1. The molecule has 6 heteroatoms. The molecule has 2 unspecified atom stereocenters. The Morgan fingerprint density at radius 2 is 1.90 bits per heavy atom. The molecule has 1 aliphatic rings. The summed E-state index contributed by atoms with van der Waals surface area (Å²) in [6.07, 6.45) is 0. The van der Waals surface area contributed by atoms with Crippen LogP contribution in [0.5, 0.6) is 5.75 Å². The van der Waals surface area contributed by atoms with Crippen LogP contribution in [0.4, 0.5) is 10.5 Å². The minimum absolute atomic E-state index is 0.0167. The number of likely N-dealkylation sites (tertiary alicyclic amines) is 1. The van der Waals surface area contributed by atoms with E-state index in [0.717, 1.165) is 0 Å². The third kappa shape index (κ3) is 3.26. The number of carboxylic acids is 1. The molecule has 114 valence electrons. The van der Waals surface area contributed by atoms with Crippen LogP contribution in [0.3, 0.4) is 0 Å². The first-order valence-electron chi connectivity index (χ1n) is 6.89. The summed E-state index contributed by atoms with van der Waals surface area (Å²) < 4.78 is 5.01. The van der Waals surface area contributed by atoms with E-state index in [9.17, 15) is 14.7 Å². The zero-order chi connectivity index (χ0) is 15.6. The molecule has 1 aromatic rings. The zero-order valence-electron chi connectivity index (χ0n) is 12.4. The lowest BCUT2D eigenvalue weighted by Gasteiger charge is -2.18. The van der Waals surface area contributed by atoms with Crippen molar-refractivity contribution >= 4 is 17.7 Å². The van der Waals surface area contributed by atoms with Crippen molar-refractivity contribution in [3.63, 3.8) is 0 Å². The Hall–Kier alpha value is -2.24. The van der Waals surface area contributed by atoms with Crippen LogP contribution in [0.2, 0.25) is 0 Å². The second kappa shape index (κ2) is 6.03. The van der Waals surface area contributed by atoms with E-state index in [2.05, 4.69) is 19.2 Å². The highest BCUT2D eigenvalue weighted by atomic mass is 16.5. The molecular formula is C15H20N2O4. The van der Waals surface area contributed by atoms with Gasteiger partial charge in [0, 0.05) is 13.1 Å². The monoisotopic (exact) mass is 292 g/mol. The van der Waals surface area contributed by atoms with Gasteiger partial charge in [0.05, 0.1) is 18.4 Å². The van der Waals surface area contributed by atoms with Gasteiger partial charge in [-0.15, -0.1) is 0 Å². The van der Waals surface area contributed by atoms with E-state index in [1.807, 2.05) is 0 Å². The van der Waals surface area contributed by atoms with E-state index in [1.54, 1.807) is 17.0 Å². The average Bonchev–Trinajstić information content (AvgIpc) is 2.79. The Kier molecular flexibility index (Phi) is 4.35. The molecule has 0 spiro atoms. The smallest absolute Gasteiger partial charge is 0.337 e. The van der Waals surface area contributed by atoms with E-state index >= 15 is 0 Å². The molecule has 0 bridgehead atoms. The van der Waals surface area contributed by atoms with Crippen molar-refractivity contribution in [3.05, 3.63) is 23.8 Å². The van der Waals surface area contributed by atoms with Gasteiger partial charge in [-0.25, -0.2) is 9.59 Å². The van der Waals surface area contributed by atoms with Crippen LogP contribution in [0.1, 0.15) is 24.2 Å². The first-order chi connectivity index (χ1) is 9.92. The van der Waals surface area contributed by atoms with Crippen molar-refractivity contribution in [3.8, 4) is 5.75 Å². The fourth-order valence-corrected chi connectivity index (χ4v) is 2.43. The lowest BCUT2D eigenvalue weighted by atomic mass is 10.0. The van der Waals surface area contributed by atoms with Gasteiger partial charge in [0.25, 0.3) is 0 Å². The van der Waals surface area contributed by atoms with Crippen molar-refractivity contribution in [1.29, 1.82) is 0 Å². The Morgan fingerprint density at radius 1 is 1.29 bits per heavy atom. The number of hydrogen-bond acceptors (Lipinski definition) is 3. The van der Waals surface area contributed by atoms with Crippen LogP contribution < -0.4 is 10.1 Å². The van der Waals surface area contributed by atoms with Gasteiger partial charge in [-0.1, -0.05) is 13.8 Å². The highest BCUT2D eigenvalue weighted by Gasteiger charge is 2.29. The molecule has 1 aromatic carbocycles. The summed E-state index contributed by atoms with van der Waals surface area (Å²) in [4.78, 5) is 25.2. The molecule has 21 heavy (non-hydrogen) atoms. The van der Waals surface area contributed by atoms with Crippen molar-refractivity contribution < 1.29 is 19.4 Å². The summed E-state index contributed by atoms with van der Waals surface area (Å²) in [6, 6.07) is 4.30. The highest BCUT2D eigenvalue weighted by Crippen LogP contribution is 2.25. The van der Waals surface area contributed by atoms with Gasteiger partial charge < -0.3 is 20.1 Å². The van der Waals surface area contributed by atoms with E-state index in [1.165, 1.54) is 13.2 Å². The number of carboxylic acid groups (broad SMARTS) is 1.